The van der Waals surface area contributed by atoms with Crippen LogP contribution in [0, 0.1) is 29.1 Å². The molecule has 0 atom stereocenters. The van der Waals surface area contributed by atoms with E-state index in [1.807, 2.05) is 0 Å². The van der Waals surface area contributed by atoms with Crippen LogP contribution in [0.3, 0.4) is 0 Å². The van der Waals surface area contributed by atoms with Gasteiger partial charge in [0, 0.05) is 0 Å². The van der Waals surface area contributed by atoms with E-state index in [1.165, 1.54) is 0 Å². The number of hydrogen-bond acceptors (Lipinski definition) is 2. The Morgan fingerprint density at radius 1 is 0.867 bits per heavy atom. The summed E-state index contributed by atoms with van der Waals surface area (Å²) in [6, 6.07) is 0. The molecule has 0 aliphatic rings. The summed E-state index contributed by atoms with van der Waals surface area (Å²) < 4.78 is 66.7. The summed E-state index contributed by atoms with van der Waals surface area (Å²) in [5, 5.41) is 2.68. The molecule has 1 aromatic carbocycles. The molecule has 0 N–H and O–H groups in total. The Hall–Kier alpha value is -1.37. The lowest BCUT2D eigenvalue weighted by atomic mass is 10.2. The second-order valence-corrected chi connectivity index (χ2v) is 2.43. The first kappa shape index (κ1) is 11.7. The van der Waals surface area contributed by atoms with Gasteiger partial charge in [0.15, 0.2) is 35.1 Å². The maximum Gasteiger partial charge on any atom is 0.200 e. The Balaban J connectivity index is 3.45. The van der Waals surface area contributed by atoms with Crippen LogP contribution in [0.2, 0.25) is 0 Å². The normalized spacial score (nSPS) is 11.1. The molecule has 8 heteroatoms. The topological polar surface area (TPSA) is 21.6 Å². The van der Waals surface area contributed by atoms with Gasteiger partial charge in [-0.1, -0.05) is 5.16 Å². The third kappa shape index (κ3) is 2.01. The van der Waals surface area contributed by atoms with Gasteiger partial charge in [0.25, 0.3) is 0 Å². The van der Waals surface area contributed by atoms with Crippen LogP contribution in [-0.2, 0) is 4.39 Å². The quantitative estimate of drug-likeness (QED) is 0.258. The predicted molar refractivity (Wildman–Crippen MR) is 40.8 cm³/mol. The van der Waals surface area contributed by atoms with E-state index in [9.17, 15) is 22.0 Å². The van der Waals surface area contributed by atoms with Gasteiger partial charge in [-0.05, 0) is 0 Å². The van der Waals surface area contributed by atoms with Crippen molar-refractivity contribution in [3.63, 3.8) is 0 Å². The van der Waals surface area contributed by atoms with Crippen LogP contribution in [0.15, 0.2) is 5.16 Å². The van der Waals surface area contributed by atoms with Gasteiger partial charge in [-0.2, -0.15) is 0 Å². The van der Waals surface area contributed by atoms with Crippen molar-refractivity contribution in [1.82, 2.24) is 0 Å². The number of rotatable bonds is 2. The van der Waals surface area contributed by atoms with Gasteiger partial charge >= 0.3 is 0 Å². The van der Waals surface area contributed by atoms with Gasteiger partial charge in [0.05, 0.1) is 11.8 Å². The molecule has 0 aliphatic carbocycles. The van der Waals surface area contributed by atoms with Gasteiger partial charge in [-0.25, -0.2) is 22.0 Å². The molecule has 2 nitrogen and oxygen atoms in total. The van der Waals surface area contributed by atoms with Crippen LogP contribution < -0.4 is 0 Å². The van der Waals surface area contributed by atoms with Crippen LogP contribution in [-0.4, -0.2) is 6.21 Å². The van der Waals surface area contributed by atoms with E-state index in [4.69, 9.17) is 0 Å². The number of hydrogen-bond donors (Lipinski definition) is 0. The van der Waals surface area contributed by atoms with Gasteiger partial charge in [0.2, 0.25) is 5.82 Å². The predicted octanol–water partition coefficient (Wildman–Crippen LogP) is 2.89. The highest BCUT2D eigenvalue weighted by Crippen LogP contribution is 2.21. The molecular weight excluding hydrogens is 245 g/mol. The van der Waals surface area contributed by atoms with Crippen LogP contribution in [0.25, 0.3) is 0 Å². The lowest BCUT2D eigenvalue weighted by Gasteiger charge is -2.02. The molecule has 82 valence electrons. The molecule has 0 fully saturated rings. The van der Waals surface area contributed by atoms with Crippen LogP contribution in [0.5, 0.6) is 0 Å². The van der Waals surface area contributed by atoms with E-state index in [0.29, 0.717) is 0 Å². The molecule has 15 heavy (non-hydrogen) atoms. The van der Waals surface area contributed by atoms with Crippen LogP contribution >= 0.6 is 11.9 Å². The van der Waals surface area contributed by atoms with Crippen molar-refractivity contribution in [3.8, 4) is 0 Å². The second kappa shape index (κ2) is 4.43. The molecule has 0 aliphatic heterocycles. The Morgan fingerprint density at radius 2 is 1.27 bits per heavy atom. The monoisotopic (exact) mass is 245 g/mol. The molecule has 1 rings (SSSR count). The second-order valence-electron chi connectivity index (χ2n) is 2.29. The summed E-state index contributed by atoms with van der Waals surface area (Å²) in [5.41, 5.74) is -1.23. The van der Waals surface area contributed by atoms with Crippen molar-refractivity contribution in [2.45, 2.75) is 0 Å². The molecule has 0 aromatic heterocycles. The van der Waals surface area contributed by atoms with E-state index in [0.717, 1.165) is 0 Å². The highest BCUT2D eigenvalue weighted by Gasteiger charge is 2.24. The molecule has 0 bridgehead atoms. The molecule has 0 amide bonds. The molecule has 0 heterocycles. The number of halogens is 6. The molecule has 1 aromatic rings. The number of nitrogens with zero attached hydrogens (tertiary/aromatic N) is 1. The zero-order valence-electron chi connectivity index (χ0n) is 6.70. The minimum Gasteiger partial charge on any atom is -0.277 e. The van der Waals surface area contributed by atoms with Gasteiger partial charge < -0.3 is 0 Å². The first-order chi connectivity index (χ1) is 7.00. The SMILES string of the molecule is Fc1c(F)c(F)c(C=NOCl)c(F)c1F. The minimum absolute atomic E-state index is 0.267. The summed E-state index contributed by atoms with van der Waals surface area (Å²) >= 11 is 4.56. The zero-order valence-corrected chi connectivity index (χ0v) is 7.46. The molecule has 0 radical (unpaired) electrons. The average Bonchev–Trinajstić information content (AvgIpc) is 2.24. The van der Waals surface area contributed by atoms with E-state index in [-0.39, 0.29) is 6.21 Å². The average molecular weight is 246 g/mol. The summed E-state index contributed by atoms with van der Waals surface area (Å²) in [4.78, 5) is 0. The maximum absolute atomic E-state index is 12.8. The Morgan fingerprint density at radius 3 is 1.67 bits per heavy atom. The molecule has 0 spiro atoms. The van der Waals surface area contributed by atoms with Crippen molar-refractivity contribution in [3.05, 3.63) is 34.6 Å². The lowest BCUT2D eigenvalue weighted by Crippen LogP contribution is -2.06. The fourth-order valence-corrected chi connectivity index (χ4v) is 0.848. The maximum atomic E-state index is 12.8. The first-order valence-electron chi connectivity index (χ1n) is 3.33. The van der Waals surface area contributed by atoms with Crippen LogP contribution in [0.1, 0.15) is 5.56 Å². The standard InChI is InChI=1S/C7HClF5NO/c8-15-14-1-2-3(9)5(11)7(13)6(12)4(2)10/h1H. The number of benzene rings is 1. The first-order valence-corrected chi connectivity index (χ1v) is 3.64. The summed E-state index contributed by atoms with van der Waals surface area (Å²) in [6.45, 7) is 0. The highest BCUT2D eigenvalue weighted by molar-refractivity contribution is 6.07. The van der Waals surface area contributed by atoms with E-state index in [2.05, 4.69) is 21.4 Å². The van der Waals surface area contributed by atoms with Crippen LogP contribution in [0.4, 0.5) is 22.0 Å². The molecule has 0 saturated heterocycles. The molecule has 0 saturated carbocycles. The van der Waals surface area contributed by atoms with Crippen molar-refractivity contribution in [2.75, 3.05) is 0 Å². The lowest BCUT2D eigenvalue weighted by molar-refractivity contribution is 0.371. The summed E-state index contributed by atoms with van der Waals surface area (Å²) in [7, 11) is 0. The van der Waals surface area contributed by atoms with Crippen molar-refractivity contribution in [2.24, 2.45) is 5.16 Å². The highest BCUT2D eigenvalue weighted by atomic mass is 35.5. The van der Waals surface area contributed by atoms with Crippen molar-refractivity contribution >= 4 is 18.1 Å². The molecular formula is C7HClF5NO. The van der Waals surface area contributed by atoms with Gasteiger partial charge in [-0.15, -0.1) is 0 Å². The fourth-order valence-electron chi connectivity index (χ4n) is 0.808. The zero-order chi connectivity index (χ0) is 11.6. The smallest absolute Gasteiger partial charge is 0.200 e. The minimum atomic E-state index is -2.24. The Labute approximate surface area is 85.1 Å². The van der Waals surface area contributed by atoms with Crippen molar-refractivity contribution < 1.29 is 26.3 Å². The van der Waals surface area contributed by atoms with Gasteiger partial charge in [0.1, 0.15) is 0 Å². The number of oxime groups is 1. The summed E-state index contributed by atoms with van der Waals surface area (Å²) in [5.74, 6) is -10.4. The largest absolute Gasteiger partial charge is 0.277 e. The third-order valence-corrected chi connectivity index (χ3v) is 1.55. The van der Waals surface area contributed by atoms with E-state index < -0.39 is 34.6 Å². The van der Waals surface area contributed by atoms with Gasteiger partial charge in [-0.3, -0.25) is 4.39 Å². The van der Waals surface area contributed by atoms with E-state index >= 15 is 0 Å². The molecule has 0 unspecified atom stereocenters. The summed E-state index contributed by atoms with van der Waals surface area (Å²) in [6.07, 6.45) is 0.267. The Bertz CT molecular complexity index is 393. The van der Waals surface area contributed by atoms with E-state index in [1.54, 1.807) is 0 Å². The Kier molecular flexibility index (Phi) is 3.46. The van der Waals surface area contributed by atoms with Crippen molar-refractivity contribution in [1.29, 1.82) is 0 Å². The third-order valence-electron chi connectivity index (χ3n) is 1.47. The fraction of sp³-hybridized carbons (Fsp3) is 0.